The molecule has 0 spiro atoms. The number of para-hydroxylation sites is 1. The maximum Gasteiger partial charge on any atom is 0.335 e. The lowest BCUT2D eigenvalue weighted by molar-refractivity contribution is 0.429. The molecular weight excluding hydrogens is 342 g/mol. The Bertz CT molecular complexity index is 1260. The van der Waals surface area contributed by atoms with Gasteiger partial charge in [-0.3, -0.25) is 9.78 Å². The number of benzene rings is 2. The first kappa shape index (κ1) is 16.8. The predicted octanol–water partition coefficient (Wildman–Crippen LogP) is 1.25. The van der Waals surface area contributed by atoms with Gasteiger partial charge in [0.1, 0.15) is 5.56 Å². The SMILES string of the molecule is CCc1ccc(-n2c(O)c(C=C3C=c4ccccc4=N3)c(=O)[nH]c2=O)cc1. The average molecular weight is 359 g/mol. The van der Waals surface area contributed by atoms with Crippen LogP contribution in [-0.4, -0.2) is 14.7 Å². The highest BCUT2D eigenvalue weighted by atomic mass is 16.3. The monoisotopic (exact) mass is 359 g/mol. The summed E-state index contributed by atoms with van der Waals surface area (Å²) in [5.74, 6) is -0.417. The number of allylic oxidation sites excluding steroid dienone is 1. The van der Waals surface area contributed by atoms with Crippen molar-refractivity contribution in [3.05, 3.63) is 96.8 Å². The van der Waals surface area contributed by atoms with Crippen LogP contribution in [0.25, 0.3) is 17.8 Å². The fourth-order valence-electron chi connectivity index (χ4n) is 3.05. The molecule has 1 aliphatic rings. The number of aromatic nitrogens is 2. The molecule has 6 heteroatoms. The highest BCUT2D eigenvalue weighted by molar-refractivity contribution is 5.67. The maximum atomic E-state index is 12.3. The molecule has 4 rings (SSSR count). The zero-order valence-corrected chi connectivity index (χ0v) is 14.6. The third-order valence-corrected chi connectivity index (χ3v) is 4.51. The highest BCUT2D eigenvalue weighted by Gasteiger charge is 2.15. The minimum absolute atomic E-state index is 0.0167. The Morgan fingerprint density at radius 2 is 1.85 bits per heavy atom. The number of rotatable bonds is 3. The standard InChI is InChI=1S/C21H17N3O3/c1-2-13-7-9-16(10-8-13)24-20(26)17(19(25)23-21(24)27)12-15-11-14-5-3-4-6-18(14)22-15/h3-12,26H,2H2,1H3,(H,23,25,27). The van der Waals surface area contributed by atoms with E-state index in [0.29, 0.717) is 11.4 Å². The topological polar surface area (TPSA) is 87.4 Å². The Morgan fingerprint density at radius 3 is 2.56 bits per heavy atom. The normalized spacial score (nSPS) is 13.9. The largest absolute Gasteiger partial charge is 0.494 e. The van der Waals surface area contributed by atoms with Crippen LogP contribution in [-0.2, 0) is 6.42 Å². The summed E-state index contributed by atoms with van der Waals surface area (Å²) in [4.78, 5) is 31.2. The number of aromatic hydroxyl groups is 1. The van der Waals surface area contributed by atoms with Gasteiger partial charge in [-0.1, -0.05) is 37.3 Å². The molecule has 0 radical (unpaired) electrons. The van der Waals surface area contributed by atoms with Gasteiger partial charge in [0, 0.05) is 5.22 Å². The van der Waals surface area contributed by atoms with Gasteiger partial charge in [-0.05, 0) is 42.3 Å². The van der Waals surface area contributed by atoms with Crippen molar-refractivity contribution in [2.45, 2.75) is 13.3 Å². The van der Waals surface area contributed by atoms with E-state index in [9.17, 15) is 14.7 Å². The molecule has 6 nitrogen and oxygen atoms in total. The van der Waals surface area contributed by atoms with Gasteiger partial charge in [-0.2, -0.15) is 0 Å². The second-order valence-electron chi connectivity index (χ2n) is 6.24. The van der Waals surface area contributed by atoms with Gasteiger partial charge in [-0.15, -0.1) is 0 Å². The number of aromatic amines is 1. The number of hydrogen-bond acceptors (Lipinski definition) is 4. The molecule has 134 valence electrons. The summed E-state index contributed by atoms with van der Waals surface area (Å²) >= 11 is 0. The number of aryl methyl sites for hydroxylation is 1. The zero-order valence-electron chi connectivity index (χ0n) is 14.6. The molecule has 0 fully saturated rings. The molecule has 2 aromatic carbocycles. The van der Waals surface area contributed by atoms with Crippen molar-refractivity contribution in [1.29, 1.82) is 0 Å². The second-order valence-corrected chi connectivity index (χ2v) is 6.24. The molecule has 2 heterocycles. The summed E-state index contributed by atoms with van der Waals surface area (Å²) in [6.07, 6.45) is 4.16. The van der Waals surface area contributed by atoms with Crippen molar-refractivity contribution >= 4 is 12.2 Å². The fraction of sp³-hybridized carbons (Fsp3) is 0.0952. The molecule has 0 unspecified atom stereocenters. The van der Waals surface area contributed by atoms with Crippen LogP contribution < -0.4 is 21.8 Å². The number of nitrogens with one attached hydrogen (secondary N) is 1. The molecule has 1 aromatic heterocycles. The lowest BCUT2D eigenvalue weighted by Gasteiger charge is -2.10. The van der Waals surface area contributed by atoms with Gasteiger partial charge in [0.05, 0.1) is 16.7 Å². The van der Waals surface area contributed by atoms with Crippen LogP contribution in [0.1, 0.15) is 18.1 Å². The number of nitrogens with zero attached hydrogens (tertiary/aromatic N) is 2. The van der Waals surface area contributed by atoms with E-state index in [1.165, 1.54) is 6.08 Å². The third-order valence-electron chi connectivity index (χ3n) is 4.51. The molecule has 0 atom stereocenters. The smallest absolute Gasteiger partial charge is 0.335 e. The molecule has 0 amide bonds. The summed E-state index contributed by atoms with van der Waals surface area (Å²) in [5.41, 5.74) is 0.738. The van der Waals surface area contributed by atoms with Crippen molar-refractivity contribution in [3.8, 4) is 11.6 Å². The molecule has 0 saturated carbocycles. The predicted molar refractivity (Wildman–Crippen MR) is 103 cm³/mol. The van der Waals surface area contributed by atoms with Crippen LogP contribution >= 0.6 is 0 Å². The van der Waals surface area contributed by atoms with E-state index in [1.807, 2.05) is 49.4 Å². The van der Waals surface area contributed by atoms with E-state index >= 15 is 0 Å². The Kier molecular flexibility index (Phi) is 4.08. The van der Waals surface area contributed by atoms with Crippen LogP contribution in [0.3, 0.4) is 0 Å². The van der Waals surface area contributed by atoms with E-state index in [4.69, 9.17) is 0 Å². The summed E-state index contributed by atoms with van der Waals surface area (Å²) in [5, 5.41) is 12.4. The van der Waals surface area contributed by atoms with Gasteiger partial charge >= 0.3 is 5.69 Å². The summed E-state index contributed by atoms with van der Waals surface area (Å²) in [7, 11) is 0. The molecule has 3 aromatic rings. The van der Waals surface area contributed by atoms with Crippen LogP contribution in [0.2, 0.25) is 0 Å². The Hall–Kier alpha value is -3.67. The van der Waals surface area contributed by atoms with E-state index in [-0.39, 0.29) is 5.56 Å². The van der Waals surface area contributed by atoms with Gasteiger partial charge in [0.25, 0.3) is 5.56 Å². The summed E-state index contributed by atoms with van der Waals surface area (Å²) in [6.45, 7) is 2.03. The minimum Gasteiger partial charge on any atom is -0.494 e. The average Bonchev–Trinajstić information content (AvgIpc) is 3.08. The number of fused-ring (bicyclic) bond motifs is 1. The molecule has 0 aliphatic carbocycles. The van der Waals surface area contributed by atoms with Crippen LogP contribution in [0.5, 0.6) is 5.88 Å². The molecule has 0 saturated heterocycles. The Morgan fingerprint density at radius 1 is 1.11 bits per heavy atom. The van der Waals surface area contributed by atoms with E-state index < -0.39 is 17.1 Å². The second kappa shape index (κ2) is 6.57. The molecule has 0 bridgehead atoms. The summed E-state index contributed by atoms with van der Waals surface area (Å²) in [6, 6.07) is 14.8. The summed E-state index contributed by atoms with van der Waals surface area (Å²) < 4.78 is 1.08. The molecular formula is C21H17N3O3. The molecule has 2 N–H and O–H groups in total. The highest BCUT2D eigenvalue weighted by Crippen LogP contribution is 2.20. The maximum absolute atomic E-state index is 12.3. The minimum atomic E-state index is -0.695. The number of hydrogen-bond donors (Lipinski definition) is 2. The Labute approximate surface area is 154 Å². The fourth-order valence-corrected chi connectivity index (χ4v) is 3.05. The van der Waals surface area contributed by atoms with Crippen molar-refractivity contribution in [2.75, 3.05) is 0 Å². The quantitative estimate of drug-likeness (QED) is 0.738. The Balaban J connectivity index is 1.88. The van der Waals surface area contributed by atoms with Gasteiger partial charge in [0.15, 0.2) is 0 Å². The third kappa shape index (κ3) is 3.01. The molecule has 27 heavy (non-hydrogen) atoms. The number of H-pyrrole nitrogens is 1. The van der Waals surface area contributed by atoms with Crippen molar-refractivity contribution < 1.29 is 5.11 Å². The van der Waals surface area contributed by atoms with Gasteiger partial charge in [0.2, 0.25) is 5.88 Å². The first-order valence-corrected chi connectivity index (χ1v) is 8.61. The first-order valence-electron chi connectivity index (χ1n) is 8.61. The zero-order chi connectivity index (χ0) is 19.0. The lowest BCUT2D eigenvalue weighted by Crippen LogP contribution is -2.30. The van der Waals surface area contributed by atoms with E-state index in [0.717, 1.165) is 27.1 Å². The van der Waals surface area contributed by atoms with Gasteiger partial charge in [-0.25, -0.2) is 14.4 Å². The van der Waals surface area contributed by atoms with Crippen LogP contribution in [0, 0.1) is 0 Å². The van der Waals surface area contributed by atoms with Crippen LogP contribution in [0.4, 0.5) is 0 Å². The van der Waals surface area contributed by atoms with Crippen molar-refractivity contribution in [2.24, 2.45) is 4.99 Å². The van der Waals surface area contributed by atoms with E-state index in [1.54, 1.807) is 12.1 Å². The van der Waals surface area contributed by atoms with Crippen molar-refractivity contribution in [1.82, 2.24) is 9.55 Å². The van der Waals surface area contributed by atoms with Crippen LogP contribution in [0.15, 0.2) is 68.8 Å². The van der Waals surface area contributed by atoms with Crippen molar-refractivity contribution in [3.63, 3.8) is 0 Å². The lowest BCUT2D eigenvalue weighted by atomic mass is 10.1. The first-order chi connectivity index (χ1) is 13.1. The van der Waals surface area contributed by atoms with Gasteiger partial charge < -0.3 is 5.11 Å². The van der Waals surface area contributed by atoms with E-state index in [2.05, 4.69) is 9.98 Å². The molecule has 1 aliphatic heterocycles.